The molecule has 5 atom stereocenters. The predicted molar refractivity (Wildman–Crippen MR) is 125 cm³/mol. The molecule has 5 N–H and O–H groups in total. The third-order valence-corrected chi connectivity index (χ3v) is 6.51. The number of aromatic nitrogens is 4. The second-order valence-corrected chi connectivity index (χ2v) is 9.61. The summed E-state index contributed by atoms with van der Waals surface area (Å²) in [5.41, 5.74) is 1.36. The quantitative estimate of drug-likeness (QED) is 0.296. The Balaban J connectivity index is 1.50. The fourth-order valence-electron chi connectivity index (χ4n) is 4.10. The molecule has 0 amide bonds. The molecule has 0 radical (unpaired) electrons. The number of anilines is 1. The summed E-state index contributed by atoms with van der Waals surface area (Å²) in [7, 11) is -4.19. The van der Waals surface area contributed by atoms with Gasteiger partial charge in [0.15, 0.2) is 0 Å². The van der Waals surface area contributed by atoms with Gasteiger partial charge < -0.3 is 15.5 Å². The van der Waals surface area contributed by atoms with E-state index < -0.39 is 40.3 Å². The minimum absolute atomic E-state index is 0.0889. The van der Waals surface area contributed by atoms with E-state index in [9.17, 15) is 23.4 Å². The topological polar surface area (TPSA) is 183 Å². The van der Waals surface area contributed by atoms with E-state index in [-0.39, 0.29) is 36.1 Å². The molecule has 1 unspecified atom stereocenters. The Hall–Kier alpha value is -3.23. The van der Waals surface area contributed by atoms with Gasteiger partial charge in [-0.05, 0) is 25.0 Å². The number of nitrogens with two attached hydrogens (primary N) is 1. The van der Waals surface area contributed by atoms with E-state index in [0.29, 0.717) is 0 Å². The standard InChI is InChI=1S/C22H26N6O6S/c1-13(14-5-3-2-4-6-14)28-8-7-17(27-28)20(30)16-10-24-12-25-22(16)26-18-9-15(19(29)21(18)31)11-34-35(23,32)33/h2-8,10,12-13,15,18-19,21,29,31H,9,11H2,1H3,(H2,23,32,33)(H,24,25,26)/t13?,15-,18-,19-,21+/m1/s1. The van der Waals surface area contributed by atoms with Crippen LogP contribution in [0.1, 0.15) is 41.0 Å². The van der Waals surface area contributed by atoms with Gasteiger partial charge in [-0.1, -0.05) is 30.3 Å². The second kappa shape index (κ2) is 10.2. The fourth-order valence-corrected chi connectivity index (χ4v) is 4.46. The lowest BCUT2D eigenvalue weighted by molar-refractivity contribution is 0.00778. The van der Waals surface area contributed by atoms with E-state index in [2.05, 4.69) is 24.6 Å². The van der Waals surface area contributed by atoms with Gasteiger partial charge in [-0.3, -0.25) is 13.7 Å². The number of carbonyl (C=O) groups is 1. The molecule has 1 fully saturated rings. The van der Waals surface area contributed by atoms with E-state index >= 15 is 0 Å². The zero-order valence-electron chi connectivity index (χ0n) is 18.8. The second-order valence-electron chi connectivity index (χ2n) is 8.39. The van der Waals surface area contributed by atoms with Crippen molar-refractivity contribution in [3.63, 3.8) is 0 Å². The minimum Gasteiger partial charge on any atom is -0.390 e. The maximum absolute atomic E-state index is 13.2. The summed E-state index contributed by atoms with van der Waals surface area (Å²) >= 11 is 0. The molecule has 0 spiro atoms. The molecule has 2 aromatic heterocycles. The highest BCUT2D eigenvalue weighted by Gasteiger charge is 2.42. The number of rotatable bonds is 9. The molecule has 0 saturated heterocycles. The molecular formula is C22H26N6O6S. The van der Waals surface area contributed by atoms with Gasteiger partial charge in [-0.2, -0.15) is 13.5 Å². The van der Waals surface area contributed by atoms with Gasteiger partial charge in [0, 0.05) is 18.3 Å². The Kier molecular flexibility index (Phi) is 7.23. The number of nitrogens with zero attached hydrogens (tertiary/aromatic N) is 4. The summed E-state index contributed by atoms with van der Waals surface area (Å²) in [6.45, 7) is 1.58. The molecule has 1 saturated carbocycles. The zero-order valence-corrected chi connectivity index (χ0v) is 19.6. The molecule has 13 heteroatoms. The molecule has 1 aromatic carbocycles. The van der Waals surface area contributed by atoms with Crippen LogP contribution in [-0.4, -0.2) is 69.0 Å². The number of benzene rings is 1. The normalized spacial score (nSPS) is 23.2. The fraction of sp³-hybridized carbons (Fsp3) is 0.364. The van der Waals surface area contributed by atoms with E-state index in [4.69, 9.17) is 5.14 Å². The lowest BCUT2D eigenvalue weighted by Crippen LogP contribution is -2.36. The van der Waals surface area contributed by atoms with Crippen LogP contribution in [0.2, 0.25) is 0 Å². The van der Waals surface area contributed by atoms with Crippen molar-refractivity contribution in [3.05, 3.63) is 71.9 Å². The van der Waals surface area contributed by atoms with Crippen LogP contribution in [0.5, 0.6) is 0 Å². The third-order valence-electron chi connectivity index (χ3n) is 6.05. The molecule has 186 valence electrons. The largest absolute Gasteiger partial charge is 0.390 e. The SMILES string of the molecule is CC(c1ccccc1)n1ccc(C(=O)c2cncnc2N[C@@H]2C[C@H](COS(N)(=O)=O)[C@@H](O)[C@H]2O)n1. The van der Waals surface area contributed by atoms with E-state index in [1.54, 1.807) is 16.9 Å². The first-order valence-electron chi connectivity index (χ1n) is 10.9. The van der Waals surface area contributed by atoms with Crippen LogP contribution < -0.4 is 10.5 Å². The highest BCUT2D eigenvalue weighted by Crippen LogP contribution is 2.30. The van der Waals surface area contributed by atoms with Gasteiger partial charge in [-0.15, -0.1) is 0 Å². The average Bonchev–Trinajstić information content (AvgIpc) is 3.44. The van der Waals surface area contributed by atoms with Crippen molar-refractivity contribution in [1.29, 1.82) is 0 Å². The number of hydrogen-bond donors (Lipinski definition) is 4. The van der Waals surface area contributed by atoms with Gasteiger partial charge >= 0.3 is 10.3 Å². The smallest absolute Gasteiger partial charge is 0.333 e. The predicted octanol–water partition coefficient (Wildman–Crippen LogP) is 0.256. The lowest BCUT2D eigenvalue weighted by Gasteiger charge is -2.19. The highest BCUT2D eigenvalue weighted by atomic mass is 32.2. The Labute approximate surface area is 202 Å². The summed E-state index contributed by atoms with van der Waals surface area (Å²) in [6, 6.07) is 10.5. The summed E-state index contributed by atoms with van der Waals surface area (Å²) in [4.78, 5) is 21.3. The van der Waals surface area contributed by atoms with Crippen molar-refractivity contribution < 1.29 is 27.6 Å². The van der Waals surface area contributed by atoms with Crippen LogP contribution in [0.25, 0.3) is 0 Å². The van der Waals surface area contributed by atoms with Crippen molar-refractivity contribution in [3.8, 4) is 0 Å². The molecule has 2 heterocycles. The maximum Gasteiger partial charge on any atom is 0.333 e. The molecule has 0 aliphatic heterocycles. The van der Waals surface area contributed by atoms with Crippen molar-refractivity contribution in [1.82, 2.24) is 19.7 Å². The van der Waals surface area contributed by atoms with Gasteiger partial charge in [0.05, 0.1) is 30.4 Å². The number of ketones is 1. The zero-order chi connectivity index (χ0) is 25.2. The number of aliphatic hydroxyl groups is 2. The third kappa shape index (κ3) is 5.71. The molecule has 3 aromatic rings. The number of aliphatic hydroxyl groups excluding tert-OH is 2. The van der Waals surface area contributed by atoms with Gasteiger partial charge in [0.25, 0.3) is 0 Å². The van der Waals surface area contributed by atoms with Crippen LogP contribution in [0.4, 0.5) is 5.82 Å². The Morgan fingerprint density at radius 2 is 2.00 bits per heavy atom. The number of nitrogens with one attached hydrogen (secondary N) is 1. The van der Waals surface area contributed by atoms with Crippen LogP contribution in [-0.2, 0) is 14.5 Å². The van der Waals surface area contributed by atoms with Crippen molar-refractivity contribution in [2.45, 2.75) is 37.6 Å². The number of hydrogen-bond acceptors (Lipinski definition) is 10. The molecule has 4 rings (SSSR count). The van der Waals surface area contributed by atoms with Crippen LogP contribution >= 0.6 is 0 Å². The van der Waals surface area contributed by atoms with Crippen LogP contribution in [0, 0.1) is 5.92 Å². The summed E-state index contributed by atoms with van der Waals surface area (Å²) in [5, 5.41) is 33.0. The van der Waals surface area contributed by atoms with Gasteiger partial charge in [-0.25, -0.2) is 15.1 Å². The molecule has 12 nitrogen and oxygen atoms in total. The Morgan fingerprint density at radius 3 is 2.71 bits per heavy atom. The first kappa shape index (κ1) is 24.9. The minimum atomic E-state index is -4.19. The van der Waals surface area contributed by atoms with Crippen molar-refractivity contribution >= 4 is 21.9 Å². The molecule has 35 heavy (non-hydrogen) atoms. The molecular weight excluding hydrogens is 476 g/mol. The molecule has 1 aliphatic carbocycles. The summed E-state index contributed by atoms with van der Waals surface area (Å²) < 4.78 is 28.4. The number of carbonyl (C=O) groups excluding carboxylic acids is 1. The van der Waals surface area contributed by atoms with Gasteiger partial charge in [0.2, 0.25) is 5.78 Å². The van der Waals surface area contributed by atoms with Crippen molar-refractivity contribution in [2.75, 3.05) is 11.9 Å². The first-order valence-corrected chi connectivity index (χ1v) is 12.4. The van der Waals surface area contributed by atoms with E-state index in [0.717, 1.165) is 5.56 Å². The highest BCUT2D eigenvalue weighted by molar-refractivity contribution is 7.84. The van der Waals surface area contributed by atoms with Gasteiger partial charge in [0.1, 0.15) is 23.9 Å². The maximum atomic E-state index is 13.2. The van der Waals surface area contributed by atoms with Crippen LogP contribution in [0.3, 0.4) is 0 Å². The molecule has 0 bridgehead atoms. The average molecular weight is 503 g/mol. The van der Waals surface area contributed by atoms with Crippen molar-refractivity contribution in [2.24, 2.45) is 11.1 Å². The Morgan fingerprint density at radius 1 is 1.26 bits per heavy atom. The Bertz CT molecular complexity index is 1280. The first-order chi connectivity index (χ1) is 16.6. The van der Waals surface area contributed by atoms with E-state index in [1.165, 1.54) is 12.5 Å². The van der Waals surface area contributed by atoms with Crippen LogP contribution in [0.15, 0.2) is 55.1 Å². The summed E-state index contributed by atoms with van der Waals surface area (Å²) in [6.07, 6.45) is 1.94. The molecule has 1 aliphatic rings. The monoisotopic (exact) mass is 502 g/mol. The summed E-state index contributed by atoms with van der Waals surface area (Å²) in [5.74, 6) is -0.967. The van der Waals surface area contributed by atoms with E-state index in [1.807, 2.05) is 37.3 Å². The lowest BCUT2D eigenvalue weighted by atomic mass is 10.1.